The van der Waals surface area contributed by atoms with Gasteiger partial charge in [-0.15, -0.1) is 0 Å². The lowest BCUT2D eigenvalue weighted by Crippen LogP contribution is -2.40. The molecule has 1 fully saturated rings. The predicted octanol–water partition coefficient (Wildman–Crippen LogP) is -1.87. The van der Waals surface area contributed by atoms with Gasteiger partial charge in [0.2, 0.25) is 0 Å². The second-order valence-corrected chi connectivity index (χ2v) is 3.67. The highest BCUT2D eigenvalue weighted by Gasteiger charge is 2.45. The fraction of sp³-hybridized carbons (Fsp3) is 0.556. The Morgan fingerprint density at radius 3 is 2.76 bits per heavy atom. The van der Waals surface area contributed by atoms with Gasteiger partial charge in [-0.05, 0) is 0 Å². The molecule has 7 nitrogen and oxygen atoms in total. The molecule has 0 spiro atoms. The third kappa shape index (κ3) is 1.90. The zero-order chi connectivity index (χ0) is 12.6. The van der Waals surface area contributed by atoms with Crippen molar-refractivity contribution in [3.63, 3.8) is 0 Å². The average molecular weight is 246 g/mol. The predicted molar refractivity (Wildman–Crippen MR) is 53.2 cm³/mol. The summed E-state index contributed by atoms with van der Waals surface area (Å²) in [6, 6.07) is 1.04. The van der Waals surface area contributed by atoms with E-state index in [4.69, 9.17) is 9.84 Å². The monoisotopic (exact) mass is 246 g/mol. The molecule has 0 bridgehead atoms. The summed E-state index contributed by atoms with van der Waals surface area (Å²) in [4.78, 5) is 25.0. The van der Waals surface area contributed by atoms with E-state index in [1.807, 2.05) is 0 Å². The van der Waals surface area contributed by atoms with Gasteiger partial charge >= 0.3 is 5.69 Å². The largest absolute Gasteiger partial charge is 0.394 e. The van der Waals surface area contributed by atoms with E-state index < -0.39 is 42.5 Å². The van der Waals surface area contributed by atoms with E-state index in [1.54, 1.807) is 0 Å². The summed E-state index contributed by atoms with van der Waals surface area (Å²) < 4.78 is 19.1. The molecule has 1 saturated heterocycles. The minimum absolute atomic E-state index is 0.531. The number of hydrogen-bond acceptors (Lipinski definition) is 5. The van der Waals surface area contributed by atoms with Crippen LogP contribution in [0.3, 0.4) is 0 Å². The highest BCUT2D eigenvalue weighted by molar-refractivity contribution is 4.93. The number of aliphatic hydroxyl groups is 2. The summed E-state index contributed by atoms with van der Waals surface area (Å²) >= 11 is 0. The van der Waals surface area contributed by atoms with Crippen molar-refractivity contribution in [3.05, 3.63) is 33.1 Å². The fourth-order valence-corrected chi connectivity index (χ4v) is 1.74. The van der Waals surface area contributed by atoms with E-state index in [0.717, 1.165) is 12.3 Å². The first-order valence-corrected chi connectivity index (χ1v) is 4.95. The normalized spacial score (nSPS) is 32.9. The van der Waals surface area contributed by atoms with E-state index in [0.29, 0.717) is 4.57 Å². The first kappa shape index (κ1) is 12.0. The number of aliphatic hydroxyl groups excluding tert-OH is 2. The fourth-order valence-electron chi connectivity index (χ4n) is 1.74. The number of alkyl halides is 1. The Morgan fingerprint density at radius 2 is 2.24 bits per heavy atom. The summed E-state index contributed by atoms with van der Waals surface area (Å²) in [5.41, 5.74) is -1.58. The molecule has 2 heterocycles. The lowest BCUT2D eigenvalue weighted by Gasteiger charge is -2.14. The van der Waals surface area contributed by atoms with Crippen molar-refractivity contribution in [2.45, 2.75) is 24.6 Å². The molecule has 17 heavy (non-hydrogen) atoms. The molecular formula is C9H11FN2O5. The second kappa shape index (κ2) is 4.40. The lowest BCUT2D eigenvalue weighted by atomic mass is 10.1. The van der Waals surface area contributed by atoms with Gasteiger partial charge in [0.05, 0.1) is 6.61 Å². The zero-order valence-electron chi connectivity index (χ0n) is 8.62. The van der Waals surface area contributed by atoms with Crippen molar-refractivity contribution in [1.29, 1.82) is 0 Å². The van der Waals surface area contributed by atoms with Crippen LogP contribution in [0.2, 0.25) is 0 Å². The molecule has 1 aromatic heterocycles. The number of ether oxygens (including phenoxy) is 1. The molecule has 1 aliphatic heterocycles. The van der Waals surface area contributed by atoms with Crippen molar-refractivity contribution in [2.24, 2.45) is 0 Å². The van der Waals surface area contributed by atoms with E-state index in [1.165, 1.54) is 0 Å². The number of aromatic nitrogens is 2. The Kier molecular flexibility index (Phi) is 3.09. The Hall–Kier alpha value is -1.51. The lowest BCUT2D eigenvalue weighted by molar-refractivity contribution is -0.0503. The Labute approximate surface area is 94.1 Å². The number of nitrogens with zero attached hydrogens (tertiary/aromatic N) is 1. The van der Waals surface area contributed by atoms with E-state index in [2.05, 4.69) is 4.98 Å². The number of rotatable bonds is 2. The average Bonchev–Trinajstić information content (AvgIpc) is 2.57. The van der Waals surface area contributed by atoms with Gasteiger partial charge in [-0.1, -0.05) is 0 Å². The van der Waals surface area contributed by atoms with Gasteiger partial charge in [-0.3, -0.25) is 4.79 Å². The van der Waals surface area contributed by atoms with Gasteiger partial charge < -0.3 is 19.9 Å². The van der Waals surface area contributed by atoms with Crippen molar-refractivity contribution < 1.29 is 19.3 Å². The summed E-state index contributed by atoms with van der Waals surface area (Å²) in [5.74, 6) is 0. The number of H-pyrrole nitrogens is 1. The van der Waals surface area contributed by atoms with E-state index in [9.17, 15) is 19.1 Å². The van der Waals surface area contributed by atoms with Crippen molar-refractivity contribution in [1.82, 2.24) is 9.55 Å². The molecule has 94 valence electrons. The minimum atomic E-state index is -1.95. The third-order valence-corrected chi connectivity index (χ3v) is 2.62. The van der Waals surface area contributed by atoms with E-state index in [-0.39, 0.29) is 0 Å². The van der Waals surface area contributed by atoms with Crippen LogP contribution in [0.5, 0.6) is 0 Å². The third-order valence-electron chi connectivity index (χ3n) is 2.62. The standard InChI is InChI=1S/C9H11FN2O5/c10-6-7(15)4(3-13)17-8(6)12-5(14)1-2-11-9(12)16/h1-2,4,6-8,13,15H,3H2,(H,11,16)/t4-,6-,7?,8+/m1/s1. The summed E-state index contributed by atoms with van der Waals surface area (Å²) in [6.45, 7) is -0.600. The molecule has 2 rings (SSSR count). The number of aromatic amines is 1. The molecular weight excluding hydrogens is 235 g/mol. The summed E-state index contributed by atoms with van der Waals surface area (Å²) in [5, 5.41) is 18.2. The van der Waals surface area contributed by atoms with Gasteiger partial charge in [0.15, 0.2) is 12.4 Å². The van der Waals surface area contributed by atoms with Crippen molar-refractivity contribution in [2.75, 3.05) is 6.61 Å². The van der Waals surface area contributed by atoms with Crippen LogP contribution < -0.4 is 11.2 Å². The zero-order valence-corrected chi connectivity index (χ0v) is 8.62. The van der Waals surface area contributed by atoms with Crippen LogP contribution >= 0.6 is 0 Å². The maximum Gasteiger partial charge on any atom is 0.330 e. The molecule has 3 N–H and O–H groups in total. The molecule has 0 aromatic carbocycles. The molecule has 1 aliphatic rings. The number of hydrogen-bond donors (Lipinski definition) is 3. The molecule has 0 aliphatic carbocycles. The molecule has 1 aromatic rings. The van der Waals surface area contributed by atoms with Crippen molar-refractivity contribution in [3.8, 4) is 0 Å². The summed E-state index contributed by atoms with van der Waals surface area (Å²) in [7, 11) is 0. The minimum Gasteiger partial charge on any atom is -0.394 e. The molecule has 4 atom stereocenters. The summed E-state index contributed by atoms with van der Waals surface area (Å²) in [6.07, 6.45) is -5.07. The van der Waals surface area contributed by atoms with Crippen LogP contribution in [0.15, 0.2) is 21.9 Å². The highest BCUT2D eigenvalue weighted by atomic mass is 19.1. The van der Waals surface area contributed by atoms with Crippen LogP contribution in [0.25, 0.3) is 0 Å². The molecule has 0 saturated carbocycles. The van der Waals surface area contributed by atoms with Gasteiger partial charge in [-0.2, -0.15) is 0 Å². The number of nitrogens with one attached hydrogen (secondary N) is 1. The maximum absolute atomic E-state index is 13.7. The molecule has 0 radical (unpaired) electrons. The van der Waals surface area contributed by atoms with Crippen LogP contribution in [0.1, 0.15) is 6.23 Å². The Morgan fingerprint density at radius 1 is 1.53 bits per heavy atom. The van der Waals surface area contributed by atoms with E-state index >= 15 is 0 Å². The van der Waals surface area contributed by atoms with Gasteiger partial charge in [0.25, 0.3) is 5.56 Å². The Bertz CT molecular complexity index is 484. The maximum atomic E-state index is 13.7. The molecule has 8 heteroatoms. The van der Waals surface area contributed by atoms with Crippen LogP contribution in [-0.4, -0.2) is 44.8 Å². The SMILES string of the molecule is O=c1cc[nH]c(=O)n1[C@H]1O[C@H](CO)C(O)[C@H]1F. The van der Waals surface area contributed by atoms with Crippen LogP contribution in [-0.2, 0) is 4.74 Å². The van der Waals surface area contributed by atoms with Crippen molar-refractivity contribution >= 4 is 0 Å². The van der Waals surface area contributed by atoms with Crippen LogP contribution in [0.4, 0.5) is 4.39 Å². The van der Waals surface area contributed by atoms with Gasteiger partial charge in [-0.25, -0.2) is 13.8 Å². The number of halogens is 1. The smallest absolute Gasteiger partial charge is 0.330 e. The first-order valence-electron chi connectivity index (χ1n) is 4.95. The van der Waals surface area contributed by atoms with Gasteiger partial charge in [0.1, 0.15) is 12.2 Å². The first-order chi connectivity index (χ1) is 8.06. The molecule has 0 amide bonds. The quantitative estimate of drug-likeness (QED) is 0.567. The van der Waals surface area contributed by atoms with Crippen LogP contribution in [0, 0.1) is 0 Å². The van der Waals surface area contributed by atoms with Gasteiger partial charge in [0, 0.05) is 12.3 Å². The Balaban J connectivity index is 2.42. The molecule has 1 unspecified atom stereocenters. The topological polar surface area (TPSA) is 105 Å². The highest BCUT2D eigenvalue weighted by Crippen LogP contribution is 2.29. The second-order valence-electron chi connectivity index (χ2n) is 3.67.